The number of allylic oxidation sites excluding steroid dienone is 2. The molecule has 0 aromatic heterocycles. The molecule has 1 saturated carbocycles. The lowest BCUT2D eigenvalue weighted by Gasteiger charge is -2.09. The van der Waals surface area contributed by atoms with Gasteiger partial charge < -0.3 is 5.32 Å². The Bertz CT molecular complexity index is 536. The normalized spacial score (nSPS) is 29.8. The lowest BCUT2D eigenvalue weighted by molar-refractivity contribution is -0.117. The second kappa shape index (κ2) is 5.61. The van der Waals surface area contributed by atoms with Crippen LogP contribution in [0.3, 0.4) is 0 Å². The van der Waals surface area contributed by atoms with Gasteiger partial charge >= 0.3 is 0 Å². The first kappa shape index (κ1) is 13.7. The lowest BCUT2D eigenvalue weighted by atomic mass is 10.1. The summed E-state index contributed by atoms with van der Waals surface area (Å²) in [4.78, 5) is 12.5. The molecule has 1 amide bonds. The zero-order valence-corrected chi connectivity index (χ0v) is 12.5. The number of hydrogen-bond donors (Lipinski definition) is 1. The van der Waals surface area contributed by atoms with Crippen LogP contribution in [0.25, 0.3) is 0 Å². The van der Waals surface area contributed by atoms with Gasteiger partial charge in [0.05, 0.1) is 0 Å². The number of hydrogen-bond acceptors (Lipinski definition) is 1. The fourth-order valence-corrected chi connectivity index (χ4v) is 3.57. The van der Waals surface area contributed by atoms with Gasteiger partial charge in [0, 0.05) is 16.6 Å². The molecule has 3 rings (SSSR count). The van der Waals surface area contributed by atoms with Crippen LogP contribution in [-0.2, 0) is 4.79 Å². The molecule has 0 saturated heterocycles. The standard InChI is InChI=1S/C17H20ClNO/c1-11-14(18)9-6-10-15(11)19-17(20)16-12-7-4-2-3-5-8-13(12)16/h2-3,6,9-10,12-13,16H,4-5,7-8H2,1H3,(H,19,20)/b3-2-. The average Bonchev–Trinajstić information content (AvgIpc) is 3.06. The number of rotatable bonds is 2. The van der Waals surface area contributed by atoms with Crippen LogP contribution in [0.15, 0.2) is 30.4 Å². The number of fused-ring (bicyclic) bond motifs is 1. The number of anilines is 1. The Hall–Kier alpha value is -1.28. The molecule has 2 aliphatic rings. The number of benzene rings is 1. The van der Waals surface area contributed by atoms with Gasteiger partial charge in [-0.15, -0.1) is 0 Å². The van der Waals surface area contributed by atoms with Gasteiger partial charge in [-0.1, -0.05) is 29.8 Å². The van der Waals surface area contributed by atoms with E-state index in [4.69, 9.17) is 11.6 Å². The molecule has 20 heavy (non-hydrogen) atoms. The molecule has 0 radical (unpaired) electrons. The molecule has 0 bridgehead atoms. The number of carbonyl (C=O) groups is 1. The summed E-state index contributed by atoms with van der Waals surface area (Å²) in [6, 6.07) is 5.65. The molecule has 2 aliphatic carbocycles. The molecule has 3 heteroatoms. The summed E-state index contributed by atoms with van der Waals surface area (Å²) in [6.45, 7) is 1.94. The van der Waals surface area contributed by atoms with Crippen molar-refractivity contribution < 1.29 is 4.79 Å². The molecule has 1 aromatic carbocycles. The van der Waals surface area contributed by atoms with E-state index in [1.165, 1.54) is 0 Å². The molecule has 1 N–H and O–H groups in total. The van der Waals surface area contributed by atoms with Crippen LogP contribution in [0.5, 0.6) is 0 Å². The Morgan fingerprint density at radius 3 is 2.50 bits per heavy atom. The maximum atomic E-state index is 12.5. The topological polar surface area (TPSA) is 29.1 Å². The van der Waals surface area contributed by atoms with E-state index < -0.39 is 0 Å². The van der Waals surface area contributed by atoms with Gasteiger partial charge in [-0.25, -0.2) is 0 Å². The summed E-state index contributed by atoms with van der Waals surface area (Å²) in [5.41, 5.74) is 1.79. The van der Waals surface area contributed by atoms with Crippen LogP contribution in [0.1, 0.15) is 31.2 Å². The summed E-state index contributed by atoms with van der Waals surface area (Å²) in [5, 5.41) is 3.77. The summed E-state index contributed by atoms with van der Waals surface area (Å²) in [7, 11) is 0. The van der Waals surface area contributed by atoms with E-state index in [-0.39, 0.29) is 11.8 Å². The number of nitrogens with one attached hydrogen (secondary N) is 1. The van der Waals surface area contributed by atoms with E-state index in [1.54, 1.807) is 0 Å². The van der Waals surface area contributed by atoms with Gasteiger partial charge in [0.25, 0.3) is 0 Å². The van der Waals surface area contributed by atoms with Gasteiger partial charge in [0.15, 0.2) is 0 Å². The van der Waals surface area contributed by atoms with Gasteiger partial charge in [-0.2, -0.15) is 0 Å². The highest BCUT2D eigenvalue weighted by Crippen LogP contribution is 2.53. The highest BCUT2D eigenvalue weighted by molar-refractivity contribution is 6.31. The third-order valence-electron chi connectivity index (χ3n) is 4.66. The zero-order valence-electron chi connectivity index (χ0n) is 11.7. The highest BCUT2D eigenvalue weighted by atomic mass is 35.5. The predicted octanol–water partition coefficient (Wildman–Crippen LogP) is 4.58. The SMILES string of the molecule is Cc1c(Cl)cccc1NC(=O)C1C2CC/C=C\CCC21. The van der Waals surface area contributed by atoms with Crippen molar-refractivity contribution in [3.63, 3.8) is 0 Å². The van der Waals surface area contributed by atoms with Crippen LogP contribution in [0.4, 0.5) is 5.69 Å². The van der Waals surface area contributed by atoms with Crippen molar-refractivity contribution >= 4 is 23.2 Å². The Balaban J connectivity index is 1.67. The lowest BCUT2D eigenvalue weighted by Crippen LogP contribution is -2.16. The smallest absolute Gasteiger partial charge is 0.228 e. The van der Waals surface area contributed by atoms with E-state index in [0.29, 0.717) is 16.9 Å². The molecule has 1 aromatic rings. The number of carbonyl (C=O) groups excluding carboxylic acids is 1. The fourth-order valence-electron chi connectivity index (χ4n) is 3.39. The van der Waals surface area contributed by atoms with Crippen molar-refractivity contribution in [2.24, 2.45) is 17.8 Å². The van der Waals surface area contributed by atoms with E-state index >= 15 is 0 Å². The molecule has 1 fully saturated rings. The molecule has 0 aliphatic heterocycles. The van der Waals surface area contributed by atoms with Gasteiger partial charge in [0.1, 0.15) is 0 Å². The summed E-state index contributed by atoms with van der Waals surface area (Å²) >= 11 is 6.10. The summed E-state index contributed by atoms with van der Waals surface area (Å²) in [5.74, 6) is 1.54. The minimum absolute atomic E-state index is 0.173. The molecule has 0 heterocycles. The van der Waals surface area contributed by atoms with E-state index in [9.17, 15) is 4.79 Å². The first-order valence-electron chi connectivity index (χ1n) is 7.39. The van der Waals surface area contributed by atoms with Crippen molar-refractivity contribution in [1.29, 1.82) is 0 Å². The Labute approximate surface area is 125 Å². The van der Waals surface area contributed by atoms with Gasteiger partial charge in [-0.05, 0) is 62.1 Å². The van der Waals surface area contributed by atoms with Crippen LogP contribution >= 0.6 is 11.6 Å². The summed E-state index contributed by atoms with van der Waals surface area (Å²) in [6.07, 6.45) is 9.03. The van der Waals surface area contributed by atoms with Gasteiger partial charge in [-0.3, -0.25) is 4.79 Å². The van der Waals surface area contributed by atoms with Crippen molar-refractivity contribution in [1.82, 2.24) is 0 Å². The second-order valence-corrected chi connectivity index (χ2v) is 6.29. The van der Waals surface area contributed by atoms with Crippen LogP contribution in [0.2, 0.25) is 5.02 Å². The first-order valence-corrected chi connectivity index (χ1v) is 7.77. The summed E-state index contributed by atoms with van der Waals surface area (Å²) < 4.78 is 0. The number of halogens is 1. The fraction of sp³-hybridized carbons (Fsp3) is 0.471. The first-order chi connectivity index (χ1) is 9.68. The highest BCUT2D eigenvalue weighted by Gasteiger charge is 2.53. The third-order valence-corrected chi connectivity index (χ3v) is 5.07. The van der Waals surface area contributed by atoms with E-state index in [1.807, 2.05) is 25.1 Å². The minimum Gasteiger partial charge on any atom is -0.326 e. The van der Waals surface area contributed by atoms with Crippen molar-refractivity contribution in [2.75, 3.05) is 5.32 Å². The molecular weight excluding hydrogens is 270 g/mol. The quantitative estimate of drug-likeness (QED) is 0.793. The molecule has 0 spiro atoms. The van der Waals surface area contributed by atoms with Crippen molar-refractivity contribution in [2.45, 2.75) is 32.6 Å². The number of amides is 1. The average molecular weight is 290 g/mol. The van der Waals surface area contributed by atoms with Crippen molar-refractivity contribution in [3.05, 3.63) is 40.9 Å². The third kappa shape index (κ3) is 2.62. The molecule has 2 nitrogen and oxygen atoms in total. The monoisotopic (exact) mass is 289 g/mol. The second-order valence-electron chi connectivity index (χ2n) is 5.88. The van der Waals surface area contributed by atoms with Crippen LogP contribution in [-0.4, -0.2) is 5.91 Å². The Morgan fingerprint density at radius 1 is 1.20 bits per heavy atom. The molecule has 2 unspecified atom stereocenters. The maximum absolute atomic E-state index is 12.5. The van der Waals surface area contributed by atoms with Crippen LogP contribution in [0, 0.1) is 24.7 Å². The Kier molecular flexibility index (Phi) is 3.84. The van der Waals surface area contributed by atoms with E-state index in [2.05, 4.69) is 17.5 Å². The van der Waals surface area contributed by atoms with Crippen molar-refractivity contribution in [3.8, 4) is 0 Å². The maximum Gasteiger partial charge on any atom is 0.228 e. The minimum atomic E-state index is 0.173. The van der Waals surface area contributed by atoms with E-state index in [0.717, 1.165) is 36.9 Å². The zero-order chi connectivity index (χ0) is 14.1. The predicted molar refractivity (Wildman–Crippen MR) is 82.9 cm³/mol. The van der Waals surface area contributed by atoms with Crippen LogP contribution < -0.4 is 5.32 Å². The van der Waals surface area contributed by atoms with Gasteiger partial charge in [0.2, 0.25) is 5.91 Å². The molecular formula is C17H20ClNO. The molecule has 2 atom stereocenters. The largest absolute Gasteiger partial charge is 0.326 e. The Morgan fingerprint density at radius 2 is 1.85 bits per heavy atom. The molecule has 106 valence electrons.